The Kier molecular flexibility index (Phi) is 5.54. The van der Waals surface area contributed by atoms with Crippen LogP contribution in [-0.4, -0.2) is 23.9 Å². The van der Waals surface area contributed by atoms with Crippen molar-refractivity contribution in [2.75, 3.05) is 18.4 Å². The van der Waals surface area contributed by atoms with E-state index in [1.54, 1.807) is 0 Å². The number of piperidine rings is 1. The average Bonchev–Trinajstić information content (AvgIpc) is 2.59. The Hall–Kier alpha value is -1.84. The molecule has 1 aliphatic rings. The van der Waals surface area contributed by atoms with Crippen LogP contribution in [0.15, 0.2) is 48.5 Å². The summed E-state index contributed by atoms with van der Waals surface area (Å²) in [6.07, 6.45) is 2.01. The monoisotopic (exact) mass is 342 g/mol. The highest BCUT2D eigenvalue weighted by Crippen LogP contribution is 2.22. The summed E-state index contributed by atoms with van der Waals surface area (Å²) >= 11 is 5.94. The van der Waals surface area contributed by atoms with Crippen molar-refractivity contribution < 1.29 is 4.79 Å². The summed E-state index contributed by atoms with van der Waals surface area (Å²) in [5.41, 5.74) is 3.25. The summed E-state index contributed by atoms with van der Waals surface area (Å²) in [4.78, 5) is 15.0. The van der Waals surface area contributed by atoms with Crippen LogP contribution in [0.2, 0.25) is 5.02 Å². The van der Waals surface area contributed by atoms with Gasteiger partial charge >= 0.3 is 0 Å². The van der Waals surface area contributed by atoms with Crippen molar-refractivity contribution in [2.24, 2.45) is 5.92 Å². The molecule has 2 aromatic carbocycles. The van der Waals surface area contributed by atoms with Gasteiger partial charge in [-0.05, 0) is 55.6 Å². The molecular weight excluding hydrogens is 320 g/mol. The molecule has 3 nitrogen and oxygen atoms in total. The summed E-state index contributed by atoms with van der Waals surface area (Å²) in [6.45, 7) is 4.73. The van der Waals surface area contributed by atoms with E-state index in [0.717, 1.165) is 48.7 Å². The standard InChI is InChI=1S/C20H23ClN2O/c1-15-5-2-3-7-19(15)22-20(24)17-6-4-12-23(14-17)13-16-8-10-18(21)11-9-16/h2-3,5,7-11,17H,4,6,12-14H2,1H3,(H,22,24)/t17-/m1/s1. The number of benzene rings is 2. The molecule has 24 heavy (non-hydrogen) atoms. The summed E-state index contributed by atoms with van der Waals surface area (Å²) in [5.74, 6) is 0.177. The van der Waals surface area contributed by atoms with Crippen LogP contribution in [0.1, 0.15) is 24.0 Å². The molecule has 1 fully saturated rings. The van der Waals surface area contributed by atoms with Gasteiger partial charge in [-0.15, -0.1) is 0 Å². The van der Waals surface area contributed by atoms with Crippen LogP contribution >= 0.6 is 11.6 Å². The molecule has 4 heteroatoms. The highest BCUT2D eigenvalue weighted by Gasteiger charge is 2.26. The number of nitrogens with one attached hydrogen (secondary N) is 1. The first-order valence-corrected chi connectivity index (χ1v) is 8.83. The van der Waals surface area contributed by atoms with Crippen molar-refractivity contribution in [3.05, 3.63) is 64.7 Å². The number of nitrogens with zero attached hydrogens (tertiary/aromatic N) is 1. The molecule has 0 unspecified atom stereocenters. The third kappa shape index (κ3) is 4.37. The summed E-state index contributed by atoms with van der Waals surface area (Å²) in [6, 6.07) is 15.9. The highest BCUT2D eigenvalue weighted by molar-refractivity contribution is 6.30. The number of anilines is 1. The largest absolute Gasteiger partial charge is 0.326 e. The van der Waals surface area contributed by atoms with E-state index in [9.17, 15) is 4.79 Å². The second-order valence-corrected chi connectivity index (χ2v) is 6.94. The second-order valence-electron chi connectivity index (χ2n) is 6.50. The molecule has 0 bridgehead atoms. The number of aryl methyl sites for hydroxylation is 1. The number of para-hydroxylation sites is 1. The summed E-state index contributed by atoms with van der Waals surface area (Å²) in [5, 5.41) is 3.85. The molecule has 1 heterocycles. The van der Waals surface area contributed by atoms with Crippen LogP contribution in [0.5, 0.6) is 0 Å². The van der Waals surface area contributed by atoms with E-state index in [1.807, 2.05) is 43.3 Å². The smallest absolute Gasteiger partial charge is 0.228 e. The van der Waals surface area contributed by atoms with Crippen molar-refractivity contribution in [1.29, 1.82) is 0 Å². The van der Waals surface area contributed by atoms with Crippen LogP contribution in [0.4, 0.5) is 5.69 Å². The molecule has 0 spiro atoms. The molecule has 1 atom stereocenters. The Bertz CT molecular complexity index is 699. The molecule has 1 N–H and O–H groups in total. The molecule has 0 aromatic heterocycles. The maximum atomic E-state index is 12.6. The first-order chi connectivity index (χ1) is 11.6. The Labute approximate surface area is 148 Å². The van der Waals surface area contributed by atoms with Crippen molar-refractivity contribution in [2.45, 2.75) is 26.3 Å². The second kappa shape index (κ2) is 7.82. The minimum absolute atomic E-state index is 0.0469. The van der Waals surface area contributed by atoms with Crippen LogP contribution in [0.25, 0.3) is 0 Å². The lowest BCUT2D eigenvalue weighted by Gasteiger charge is -2.32. The van der Waals surface area contributed by atoms with Gasteiger partial charge in [-0.25, -0.2) is 0 Å². The fourth-order valence-corrected chi connectivity index (χ4v) is 3.34. The Balaban J connectivity index is 1.59. The maximum Gasteiger partial charge on any atom is 0.228 e. The molecule has 0 aliphatic carbocycles. The van der Waals surface area contributed by atoms with E-state index in [4.69, 9.17) is 11.6 Å². The van der Waals surface area contributed by atoms with Gasteiger partial charge in [0.1, 0.15) is 0 Å². The number of rotatable bonds is 4. The first kappa shape index (κ1) is 17.0. The van der Waals surface area contributed by atoms with E-state index in [2.05, 4.69) is 22.3 Å². The van der Waals surface area contributed by atoms with E-state index in [1.165, 1.54) is 5.56 Å². The predicted octanol–water partition coefficient (Wildman–Crippen LogP) is 4.50. The van der Waals surface area contributed by atoms with Gasteiger partial charge in [0, 0.05) is 23.8 Å². The van der Waals surface area contributed by atoms with Crippen LogP contribution in [-0.2, 0) is 11.3 Å². The fraction of sp³-hybridized carbons (Fsp3) is 0.350. The maximum absolute atomic E-state index is 12.6. The van der Waals surface area contributed by atoms with Gasteiger partial charge < -0.3 is 5.32 Å². The fourth-order valence-electron chi connectivity index (χ4n) is 3.21. The van der Waals surface area contributed by atoms with Crippen LogP contribution in [0, 0.1) is 12.8 Å². The number of halogens is 1. The normalized spacial score (nSPS) is 18.3. The lowest BCUT2D eigenvalue weighted by atomic mass is 9.96. The lowest BCUT2D eigenvalue weighted by Crippen LogP contribution is -2.40. The number of carbonyl (C=O) groups excluding carboxylic acids is 1. The molecule has 0 radical (unpaired) electrons. The summed E-state index contributed by atoms with van der Waals surface area (Å²) < 4.78 is 0. The summed E-state index contributed by atoms with van der Waals surface area (Å²) in [7, 11) is 0. The third-order valence-corrected chi connectivity index (χ3v) is 4.85. The molecule has 3 rings (SSSR count). The Morgan fingerprint density at radius 2 is 1.96 bits per heavy atom. The number of likely N-dealkylation sites (tertiary alicyclic amines) is 1. The van der Waals surface area contributed by atoms with Gasteiger partial charge in [-0.2, -0.15) is 0 Å². The van der Waals surface area contributed by atoms with Crippen molar-refractivity contribution >= 4 is 23.2 Å². The zero-order valence-corrected chi connectivity index (χ0v) is 14.7. The van der Waals surface area contributed by atoms with Gasteiger partial charge in [-0.3, -0.25) is 9.69 Å². The Morgan fingerprint density at radius 3 is 2.71 bits per heavy atom. The molecule has 2 aromatic rings. The quantitative estimate of drug-likeness (QED) is 0.887. The van der Waals surface area contributed by atoms with Gasteiger partial charge in [0.05, 0.1) is 5.92 Å². The van der Waals surface area contributed by atoms with Gasteiger partial charge in [0.2, 0.25) is 5.91 Å². The van der Waals surface area contributed by atoms with Crippen molar-refractivity contribution in [3.63, 3.8) is 0 Å². The molecule has 1 amide bonds. The number of carbonyl (C=O) groups is 1. The number of hydrogen-bond donors (Lipinski definition) is 1. The SMILES string of the molecule is Cc1ccccc1NC(=O)[C@@H]1CCCN(Cc2ccc(Cl)cc2)C1. The van der Waals surface area contributed by atoms with Crippen molar-refractivity contribution in [1.82, 2.24) is 4.90 Å². The first-order valence-electron chi connectivity index (χ1n) is 8.45. The van der Waals surface area contributed by atoms with E-state index < -0.39 is 0 Å². The topological polar surface area (TPSA) is 32.3 Å². The number of amides is 1. The van der Waals surface area contributed by atoms with E-state index >= 15 is 0 Å². The molecule has 0 saturated carbocycles. The Morgan fingerprint density at radius 1 is 1.21 bits per heavy atom. The van der Waals surface area contributed by atoms with E-state index in [0.29, 0.717) is 0 Å². The molecule has 126 valence electrons. The zero-order valence-electron chi connectivity index (χ0n) is 14.0. The lowest BCUT2D eigenvalue weighted by molar-refractivity contribution is -0.121. The van der Waals surface area contributed by atoms with Gasteiger partial charge in [0.15, 0.2) is 0 Å². The number of hydrogen-bond acceptors (Lipinski definition) is 2. The van der Waals surface area contributed by atoms with Crippen molar-refractivity contribution in [3.8, 4) is 0 Å². The van der Waals surface area contributed by atoms with Gasteiger partial charge in [0.25, 0.3) is 0 Å². The molecular formula is C20H23ClN2O. The average molecular weight is 343 g/mol. The molecule has 1 aliphatic heterocycles. The van der Waals surface area contributed by atoms with E-state index in [-0.39, 0.29) is 11.8 Å². The minimum Gasteiger partial charge on any atom is -0.326 e. The third-order valence-electron chi connectivity index (χ3n) is 4.60. The minimum atomic E-state index is 0.0469. The zero-order chi connectivity index (χ0) is 16.9. The van der Waals surface area contributed by atoms with Crippen LogP contribution < -0.4 is 5.32 Å². The highest BCUT2D eigenvalue weighted by atomic mass is 35.5. The molecule has 1 saturated heterocycles. The predicted molar refractivity (Wildman–Crippen MR) is 99.3 cm³/mol. The van der Waals surface area contributed by atoms with Crippen LogP contribution in [0.3, 0.4) is 0 Å². The van der Waals surface area contributed by atoms with Gasteiger partial charge in [-0.1, -0.05) is 41.9 Å².